The van der Waals surface area contributed by atoms with Crippen molar-refractivity contribution in [1.82, 2.24) is 5.01 Å². The first kappa shape index (κ1) is 77.9. The molecule has 18 nitrogen and oxygen atoms in total. The maximum atomic E-state index is 13.8. The summed E-state index contributed by atoms with van der Waals surface area (Å²) < 4.78 is 43.8. The molecule has 0 N–H and O–H groups in total. The molecule has 0 radical (unpaired) electrons. The monoisotopic (exact) mass is 1210 g/mol. The molecule has 0 bridgehead atoms. The second-order valence-corrected chi connectivity index (χ2v) is 20.6. The Morgan fingerprint density at radius 3 is 1.71 bits per heavy atom. The van der Waals surface area contributed by atoms with E-state index >= 15 is 0 Å². The molecule has 0 heterocycles. The number of hydrazone groups is 1. The Bertz CT molecular complexity index is 2570. The number of hydrogen-bond donors (Lipinski definition) is 0. The molecule has 0 aliphatic rings. The normalized spacial score (nSPS) is 12.3. The van der Waals surface area contributed by atoms with Crippen LogP contribution >= 0.6 is 11.8 Å². The van der Waals surface area contributed by atoms with Crippen molar-refractivity contribution >= 4 is 66.5 Å². The number of aliphatic imine (C=N–C) groups is 1. The van der Waals surface area contributed by atoms with Crippen LogP contribution in [0.4, 0.5) is 5.69 Å². The fourth-order valence-electron chi connectivity index (χ4n) is 6.95. The number of allylic oxidation sites excluding steroid dienone is 5. The Hall–Kier alpha value is -8.08. The minimum Gasteiger partial charge on any atom is -0.494 e. The fraction of sp³-hybridized carbons (Fsp3) is 0.448. The third kappa shape index (κ3) is 39.5. The van der Waals surface area contributed by atoms with Crippen molar-refractivity contribution in [3.63, 3.8) is 0 Å². The van der Waals surface area contributed by atoms with E-state index in [9.17, 15) is 24.0 Å². The highest BCUT2D eigenvalue weighted by atomic mass is 32.2. The molecule has 1 aromatic rings. The molecule has 19 heteroatoms. The number of esters is 5. The fourth-order valence-corrected chi connectivity index (χ4v) is 7.88. The zero-order chi connectivity index (χ0) is 64.5. The van der Waals surface area contributed by atoms with Gasteiger partial charge >= 0.3 is 29.8 Å². The highest BCUT2D eigenvalue weighted by Gasteiger charge is 2.23. The second-order valence-electron chi connectivity index (χ2n) is 19.6. The van der Waals surface area contributed by atoms with Gasteiger partial charge in [-0.15, -0.1) is 11.8 Å². The van der Waals surface area contributed by atoms with Gasteiger partial charge in [0.2, 0.25) is 0 Å². The number of carbonyl (C=O) groups is 6. The number of ether oxygens (including phenoxy) is 8. The molecule has 86 heavy (non-hydrogen) atoms. The van der Waals surface area contributed by atoms with Gasteiger partial charge in [-0.25, -0.2) is 14.4 Å². The summed E-state index contributed by atoms with van der Waals surface area (Å²) in [5.41, 5.74) is 0.838. The number of thioether (sulfide) groups is 1. The first-order valence-electron chi connectivity index (χ1n) is 28.7. The van der Waals surface area contributed by atoms with E-state index in [1.165, 1.54) is 42.3 Å². The van der Waals surface area contributed by atoms with Crippen molar-refractivity contribution < 1.29 is 66.7 Å². The lowest BCUT2D eigenvalue weighted by molar-refractivity contribution is -0.146. The molecule has 0 saturated carbocycles. The van der Waals surface area contributed by atoms with Gasteiger partial charge in [-0.1, -0.05) is 85.0 Å². The topological polar surface area (TPSA) is 228 Å². The minimum absolute atomic E-state index is 0.0942. The minimum atomic E-state index is -0.790. The van der Waals surface area contributed by atoms with Crippen molar-refractivity contribution in [3.05, 3.63) is 159 Å². The zero-order valence-electron chi connectivity index (χ0n) is 51.4. The van der Waals surface area contributed by atoms with Crippen LogP contribution in [0.15, 0.2) is 174 Å². The van der Waals surface area contributed by atoms with E-state index in [1.54, 1.807) is 52.0 Å². The molecule has 0 fully saturated rings. The largest absolute Gasteiger partial charge is 0.494 e. The highest BCUT2D eigenvalue weighted by Crippen LogP contribution is 2.30. The molecule has 0 aliphatic carbocycles. The molecule has 0 spiro atoms. The van der Waals surface area contributed by atoms with Crippen LogP contribution in [0.25, 0.3) is 0 Å². The van der Waals surface area contributed by atoms with Crippen molar-refractivity contribution in [1.29, 1.82) is 5.26 Å². The summed E-state index contributed by atoms with van der Waals surface area (Å²) in [4.78, 5) is 78.1. The summed E-state index contributed by atoms with van der Waals surface area (Å²) in [6, 6.07) is 9.68. The smallest absolute Gasteiger partial charge is 0.338 e. The number of rotatable bonds is 48. The number of para-hydroxylation sites is 1. The first-order chi connectivity index (χ1) is 41.2. The maximum absolute atomic E-state index is 13.8. The number of nitrogens with zero attached hydrogens (tertiary/aromatic N) is 4. The summed E-state index contributed by atoms with van der Waals surface area (Å²) in [5.74, 6) is -3.11. The van der Waals surface area contributed by atoms with Gasteiger partial charge in [-0.3, -0.25) is 24.4 Å². The number of benzene rings is 1. The SMILES string of the molecule is C=CC(=O)OCCCCCCOC(=C)/C=C\C(=C)OC(=O)C(C)CC[C@H](C)OC(=O)C(=C)C(/C=N/N(CCCCC#N)CSc1ccccc1N=C)=C\C(=C)OC(=O)C(C)CC[C@H](C)OC(=O)C(=C)/C=C\C(=C)OCCCCCCOC.C=CC=O. The average molecular weight is 1210 g/mol. The molecular formula is C67H92N4O14S. The Kier molecular flexibility index (Phi) is 44.6. The lowest BCUT2D eigenvalue weighted by Gasteiger charge is -2.20. The Labute approximate surface area is 515 Å². The lowest BCUT2D eigenvalue weighted by atomic mass is 10.0. The van der Waals surface area contributed by atoms with E-state index in [4.69, 9.17) is 53.1 Å². The summed E-state index contributed by atoms with van der Waals surface area (Å²) >= 11 is 1.47. The van der Waals surface area contributed by atoms with Gasteiger partial charge in [0.05, 0.1) is 78.9 Å². The standard InChI is InChI=1S/C64H88N4O13S.C3H4O/c1-14-60(69)77-43-27-18-17-26-42-76-51(6)36-37-54(9)79-62(71)48(3)32-35-53(8)80-64(73)56(11)57(45-67-68(39-23-19-22-38-65)46-82-59-29-21-20-28-58(59)66-12)44-55(10)81-63(72)49(4)31-34-52(7)78-61(70)47(2)30-33-50(5)75-41-25-16-15-24-40-74-13;1-2-3-4/h14,20-21,28-30,33,36-37,44-45,48-49,52-53H,1-2,5-6,9-12,15-19,22-27,31-32,34-35,39-43,46H2,3-4,7-8,13H3;2-3H,1H2/b33-30-,37-36-,57-44-,67-45+;/t48?,49?,52-,53-;/m0./s1. The molecule has 1 aromatic carbocycles. The average Bonchev–Trinajstić information content (AvgIpc) is 3.67. The van der Waals surface area contributed by atoms with Gasteiger partial charge in [0.25, 0.3) is 0 Å². The molecule has 0 aromatic heterocycles. The summed E-state index contributed by atoms with van der Waals surface area (Å²) in [7, 11) is 1.68. The van der Waals surface area contributed by atoms with Crippen molar-refractivity contribution in [2.45, 2.75) is 141 Å². The summed E-state index contributed by atoms with van der Waals surface area (Å²) in [5, 5.41) is 15.7. The van der Waals surface area contributed by atoms with Crippen LogP contribution in [0, 0.1) is 23.2 Å². The summed E-state index contributed by atoms with van der Waals surface area (Å²) in [6.45, 7) is 42.7. The number of methoxy groups -OCH3 is 1. The van der Waals surface area contributed by atoms with Crippen LogP contribution in [-0.4, -0.2) is 112 Å². The van der Waals surface area contributed by atoms with Gasteiger partial charge in [0.1, 0.15) is 29.3 Å². The van der Waals surface area contributed by atoms with E-state index in [0.717, 1.165) is 68.9 Å². The Balaban J connectivity index is 0.0000175. The first-order valence-corrected chi connectivity index (χ1v) is 29.7. The van der Waals surface area contributed by atoms with Crippen LogP contribution in [0.2, 0.25) is 0 Å². The molecule has 2 unspecified atom stereocenters. The summed E-state index contributed by atoms with van der Waals surface area (Å²) in [6.07, 6.45) is 20.7. The predicted octanol–water partition coefficient (Wildman–Crippen LogP) is 13.9. The maximum Gasteiger partial charge on any atom is 0.338 e. The molecule has 4 atom stereocenters. The van der Waals surface area contributed by atoms with Crippen molar-refractivity contribution in [2.24, 2.45) is 21.9 Å². The third-order valence-electron chi connectivity index (χ3n) is 12.1. The van der Waals surface area contributed by atoms with Crippen LogP contribution < -0.4 is 0 Å². The van der Waals surface area contributed by atoms with E-state index in [-0.39, 0.29) is 28.2 Å². The van der Waals surface area contributed by atoms with Crippen molar-refractivity contribution in [2.75, 3.05) is 46.0 Å². The van der Waals surface area contributed by atoms with Crippen LogP contribution in [0.3, 0.4) is 0 Å². The highest BCUT2D eigenvalue weighted by molar-refractivity contribution is 7.99. The molecule has 0 aliphatic heterocycles. The quantitative estimate of drug-likeness (QED) is 0.00505. The second kappa shape index (κ2) is 49.2. The van der Waals surface area contributed by atoms with E-state index in [0.29, 0.717) is 101 Å². The molecule has 0 saturated heterocycles. The van der Waals surface area contributed by atoms with Gasteiger partial charge in [-0.2, -0.15) is 10.4 Å². The number of unbranched alkanes of at least 4 members (excludes halogenated alkanes) is 8. The van der Waals surface area contributed by atoms with Crippen LogP contribution in [0.5, 0.6) is 0 Å². The van der Waals surface area contributed by atoms with Crippen LogP contribution in [-0.2, 0) is 66.7 Å². The number of aldehydes is 1. The van der Waals surface area contributed by atoms with Crippen molar-refractivity contribution in [3.8, 4) is 6.07 Å². The number of nitriles is 1. The van der Waals surface area contributed by atoms with Gasteiger partial charge in [-0.05, 0) is 153 Å². The van der Waals surface area contributed by atoms with Gasteiger partial charge in [0.15, 0.2) is 0 Å². The van der Waals surface area contributed by atoms with E-state index < -0.39 is 53.9 Å². The molecule has 0 amide bonds. The lowest BCUT2D eigenvalue weighted by Crippen LogP contribution is -2.22. The van der Waals surface area contributed by atoms with Gasteiger partial charge in [0, 0.05) is 43.2 Å². The predicted molar refractivity (Wildman–Crippen MR) is 340 cm³/mol. The van der Waals surface area contributed by atoms with E-state index in [2.05, 4.69) is 70.4 Å². The number of hydrogen-bond acceptors (Lipinski definition) is 19. The number of carbonyl (C=O) groups excluding carboxylic acids is 6. The molecule has 1 rings (SSSR count). The zero-order valence-corrected chi connectivity index (χ0v) is 52.3. The van der Waals surface area contributed by atoms with E-state index in [1.807, 2.05) is 24.3 Å². The molecular weight excluding hydrogens is 1120 g/mol. The van der Waals surface area contributed by atoms with Gasteiger partial charge < -0.3 is 37.9 Å². The Morgan fingerprint density at radius 1 is 0.663 bits per heavy atom. The molecule has 470 valence electrons. The van der Waals surface area contributed by atoms with Crippen LogP contribution in [0.1, 0.15) is 124 Å². The third-order valence-corrected chi connectivity index (χ3v) is 13.2. The Morgan fingerprint density at radius 2 is 1.17 bits per heavy atom.